The highest BCUT2D eigenvalue weighted by molar-refractivity contribution is 6.46. The molecule has 0 bridgehead atoms. The van der Waals surface area contributed by atoms with E-state index in [1.165, 1.54) is 12.0 Å². The summed E-state index contributed by atoms with van der Waals surface area (Å²) in [7, 11) is 3.07. The molecule has 1 aliphatic heterocycles. The number of carbonyl (C=O) groups is 2. The van der Waals surface area contributed by atoms with Crippen molar-refractivity contribution in [3.05, 3.63) is 94.8 Å². The average Bonchev–Trinajstić information content (AvgIpc) is 3.12. The van der Waals surface area contributed by atoms with E-state index >= 15 is 0 Å². The second-order valence-electron chi connectivity index (χ2n) is 9.70. The molecule has 1 atom stereocenters. The van der Waals surface area contributed by atoms with Gasteiger partial charge in [0.15, 0.2) is 0 Å². The van der Waals surface area contributed by atoms with E-state index in [1.807, 2.05) is 30.3 Å². The first-order chi connectivity index (χ1) is 17.2. The molecule has 36 heavy (non-hydrogen) atoms. The molecule has 1 saturated heterocycles. The molecule has 2 aromatic carbocycles. The largest absolute Gasteiger partial charge is 0.507 e. The van der Waals surface area contributed by atoms with Crippen molar-refractivity contribution in [3.63, 3.8) is 0 Å². The molecular weight excluding hydrogens is 456 g/mol. The molecule has 0 radical (unpaired) electrons. The van der Waals surface area contributed by atoms with Crippen molar-refractivity contribution in [1.29, 1.82) is 0 Å². The average molecular weight is 487 g/mol. The molecule has 4 rings (SSSR count). The fraction of sp³-hybridized carbons (Fsp3) is 0.276. The van der Waals surface area contributed by atoms with Crippen LogP contribution in [0.2, 0.25) is 0 Å². The molecule has 7 heteroatoms. The Kier molecular flexibility index (Phi) is 6.84. The lowest BCUT2D eigenvalue weighted by Crippen LogP contribution is -2.29. The van der Waals surface area contributed by atoms with Crippen LogP contribution in [0.1, 0.15) is 49.2 Å². The first kappa shape index (κ1) is 25.0. The Balaban J connectivity index is 1.90. The smallest absolute Gasteiger partial charge is 0.296 e. The van der Waals surface area contributed by atoms with E-state index in [1.54, 1.807) is 43.6 Å². The Labute approximate surface area is 211 Å². The topological polar surface area (TPSA) is 89.0 Å². The number of benzene rings is 2. The summed E-state index contributed by atoms with van der Waals surface area (Å²) in [5.74, 6) is -0.725. The van der Waals surface area contributed by atoms with Crippen molar-refractivity contribution in [3.8, 4) is 11.5 Å². The third-order valence-electron chi connectivity index (χ3n) is 6.32. The maximum atomic E-state index is 13.4. The van der Waals surface area contributed by atoms with Gasteiger partial charge in [0.1, 0.15) is 23.3 Å². The van der Waals surface area contributed by atoms with Gasteiger partial charge < -0.3 is 19.5 Å². The lowest BCUT2D eigenvalue weighted by molar-refractivity contribution is -0.140. The number of amides is 1. The molecule has 1 amide bonds. The van der Waals surface area contributed by atoms with Gasteiger partial charge in [0, 0.05) is 12.7 Å². The van der Waals surface area contributed by atoms with Crippen molar-refractivity contribution in [2.24, 2.45) is 0 Å². The van der Waals surface area contributed by atoms with Gasteiger partial charge in [-0.1, -0.05) is 45.0 Å². The Morgan fingerprint density at radius 1 is 1.00 bits per heavy atom. The summed E-state index contributed by atoms with van der Waals surface area (Å²) in [6, 6.07) is 17.2. The first-order valence-corrected chi connectivity index (χ1v) is 11.7. The summed E-state index contributed by atoms with van der Waals surface area (Å²) in [5.41, 5.74) is 2.33. The third-order valence-corrected chi connectivity index (χ3v) is 6.32. The molecule has 0 saturated carbocycles. The number of nitrogens with zero attached hydrogens (tertiary/aromatic N) is 2. The summed E-state index contributed by atoms with van der Waals surface area (Å²) in [6.45, 7) is 6.30. The van der Waals surface area contributed by atoms with E-state index < -0.39 is 17.7 Å². The molecule has 1 aliphatic rings. The number of hydrogen-bond donors (Lipinski definition) is 1. The number of aliphatic hydroxyl groups excluding tert-OH is 1. The number of hydrogen-bond acceptors (Lipinski definition) is 6. The van der Waals surface area contributed by atoms with Crippen molar-refractivity contribution in [2.45, 2.75) is 38.8 Å². The quantitative estimate of drug-likeness (QED) is 0.299. The van der Waals surface area contributed by atoms with Crippen LogP contribution < -0.4 is 9.47 Å². The summed E-state index contributed by atoms with van der Waals surface area (Å²) in [5, 5.41) is 11.6. The van der Waals surface area contributed by atoms with Crippen LogP contribution in [-0.4, -0.2) is 40.9 Å². The van der Waals surface area contributed by atoms with E-state index in [9.17, 15) is 14.7 Å². The standard InChI is InChI=1S/C29H30N2O5/c1-29(2,3)19-12-13-23(36-5)21(16-19)26(32)24-25(22-11-6-7-14-30-22)31(28(34)27(24)33)17-18-9-8-10-20(15-18)35-4/h6-16,25,32H,17H2,1-5H3/b26-24+. The van der Waals surface area contributed by atoms with Crippen molar-refractivity contribution < 1.29 is 24.2 Å². The van der Waals surface area contributed by atoms with Crippen LogP contribution in [0.3, 0.4) is 0 Å². The Bertz CT molecular complexity index is 1320. The summed E-state index contributed by atoms with van der Waals surface area (Å²) in [4.78, 5) is 32.6. The first-order valence-electron chi connectivity index (χ1n) is 11.7. The van der Waals surface area contributed by atoms with E-state index in [-0.39, 0.29) is 23.3 Å². The highest BCUT2D eigenvalue weighted by Gasteiger charge is 2.47. The van der Waals surface area contributed by atoms with Gasteiger partial charge >= 0.3 is 0 Å². The SMILES string of the molecule is COc1cccc(CN2C(=O)C(=O)/C(=C(/O)c3cc(C(C)(C)C)ccc3OC)C2c2ccccn2)c1. The number of pyridine rings is 1. The van der Waals surface area contributed by atoms with Crippen molar-refractivity contribution in [2.75, 3.05) is 14.2 Å². The number of aromatic nitrogens is 1. The molecular formula is C29H30N2O5. The Morgan fingerprint density at radius 2 is 1.78 bits per heavy atom. The number of rotatable bonds is 6. The predicted octanol–water partition coefficient (Wildman–Crippen LogP) is 5.02. The number of ketones is 1. The van der Waals surface area contributed by atoms with Crippen LogP contribution in [-0.2, 0) is 21.5 Å². The number of ether oxygens (including phenoxy) is 2. The van der Waals surface area contributed by atoms with Gasteiger partial charge in [0.2, 0.25) is 0 Å². The van der Waals surface area contributed by atoms with Gasteiger partial charge in [-0.15, -0.1) is 0 Å². The van der Waals surface area contributed by atoms with E-state index in [0.29, 0.717) is 22.8 Å². The van der Waals surface area contributed by atoms with Crippen LogP contribution in [0.4, 0.5) is 0 Å². The van der Waals surface area contributed by atoms with E-state index in [4.69, 9.17) is 9.47 Å². The number of aliphatic hydroxyl groups is 1. The van der Waals surface area contributed by atoms with Gasteiger partial charge in [0.05, 0.1) is 31.1 Å². The highest BCUT2D eigenvalue weighted by Crippen LogP contribution is 2.42. The third kappa shape index (κ3) is 4.69. The number of Topliss-reactive ketones (excluding diaryl/α,β-unsaturated/α-hetero) is 1. The zero-order chi connectivity index (χ0) is 26.0. The fourth-order valence-electron chi connectivity index (χ4n) is 4.36. The summed E-state index contributed by atoms with van der Waals surface area (Å²) < 4.78 is 10.8. The minimum absolute atomic E-state index is 0.0223. The number of carbonyl (C=O) groups excluding carboxylic acids is 2. The Hall–Kier alpha value is -4.13. The minimum Gasteiger partial charge on any atom is -0.507 e. The number of methoxy groups -OCH3 is 2. The van der Waals surface area contributed by atoms with E-state index in [0.717, 1.165) is 11.1 Å². The van der Waals surface area contributed by atoms with Gasteiger partial charge in [-0.25, -0.2) is 0 Å². The molecule has 2 heterocycles. The van der Waals surface area contributed by atoms with Crippen LogP contribution in [0, 0.1) is 0 Å². The summed E-state index contributed by atoms with van der Waals surface area (Å²) >= 11 is 0. The van der Waals surface area contributed by atoms with Gasteiger partial charge in [-0.05, 0) is 52.9 Å². The molecule has 0 aliphatic carbocycles. The predicted molar refractivity (Wildman–Crippen MR) is 137 cm³/mol. The second kappa shape index (κ2) is 9.85. The zero-order valence-corrected chi connectivity index (χ0v) is 21.1. The molecule has 1 aromatic heterocycles. The van der Waals surface area contributed by atoms with Gasteiger partial charge in [-0.2, -0.15) is 0 Å². The van der Waals surface area contributed by atoms with E-state index in [2.05, 4.69) is 25.8 Å². The van der Waals surface area contributed by atoms with Crippen LogP contribution in [0.25, 0.3) is 5.76 Å². The minimum atomic E-state index is -0.875. The lowest BCUT2D eigenvalue weighted by atomic mass is 9.85. The molecule has 1 unspecified atom stereocenters. The van der Waals surface area contributed by atoms with Gasteiger partial charge in [0.25, 0.3) is 11.7 Å². The lowest BCUT2D eigenvalue weighted by Gasteiger charge is -2.25. The molecule has 1 N–H and O–H groups in total. The second-order valence-corrected chi connectivity index (χ2v) is 9.70. The van der Waals surface area contributed by atoms with Crippen molar-refractivity contribution >= 4 is 17.4 Å². The maximum Gasteiger partial charge on any atom is 0.296 e. The molecule has 3 aromatic rings. The molecule has 186 valence electrons. The van der Waals surface area contributed by atoms with Crippen LogP contribution >= 0.6 is 0 Å². The monoisotopic (exact) mass is 486 g/mol. The van der Waals surface area contributed by atoms with Crippen molar-refractivity contribution in [1.82, 2.24) is 9.88 Å². The zero-order valence-electron chi connectivity index (χ0n) is 21.1. The number of likely N-dealkylation sites (tertiary alicyclic amines) is 1. The molecule has 0 spiro atoms. The molecule has 7 nitrogen and oxygen atoms in total. The summed E-state index contributed by atoms with van der Waals surface area (Å²) in [6.07, 6.45) is 1.60. The van der Waals surface area contributed by atoms with Crippen LogP contribution in [0.5, 0.6) is 11.5 Å². The highest BCUT2D eigenvalue weighted by atomic mass is 16.5. The Morgan fingerprint density at radius 3 is 2.42 bits per heavy atom. The van der Waals surface area contributed by atoms with Gasteiger partial charge in [-0.3, -0.25) is 14.6 Å². The fourth-order valence-corrected chi connectivity index (χ4v) is 4.36. The molecule has 1 fully saturated rings. The van der Waals surface area contributed by atoms with Crippen LogP contribution in [0.15, 0.2) is 72.4 Å². The normalized spacial score (nSPS) is 17.4. The maximum absolute atomic E-state index is 13.4.